The number of furan rings is 1. The summed E-state index contributed by atoms with van der Waals surface area (Å²) in [6.45, 7) is 5.41. The van der Waals surface area contributed by atoms with E-state index in [1.165, 1.54) is 12.5 Å². The van der Waals surface area contributed by atoms with Gasteiger partial charge in [-0.3, -0.25) is 14.0 Å². The Hall–Kier alpha value is -3.43. The van der Waals surface area contributed by atoms with Crippen molar-refractivity contribution in [1.29, 1.82) is 0 Å². The number of nitrogens with one attached hydrogen (secondary N) is 1. The molecule has 4 heterocycles. The first-order chi connectivity index (χ1) is 13.5. The van der Waals surface area contributed by atoms with E-state index in [0.717, 1.165) is 5.82 Å². The maximum atomic E-state index is 12.8. The van der Waals surface area contributed by atoms with Crippen molar-refractivity contribution in [3.05, 3.63) is 42.9 Å². The number of carbonyl (C=O) groups is 2. The Bertz CT molecular complexity index is 984. The number of hydrogen-bond donors (Lipinski definition) is 1. The largest absolute Gasteiger partial charge is 0.472 e. The van der Waals surface area contributed by atoms with Crippen LogP contribution >= 0.6 is 0 Å². The Morgan fingerprint density at radius 2 is 2.21 bits per heavy atom. The smallest absolute Gasteiger partial charge is 0.255 e. The van der Waals surface area contributed by atoms with Gasteiger partial charge >= 0.3 is 0 Å². The molecule has 1 aliphatic heterocycles. The van der Waals surface area contributed by atoms with Crippen LogP contribution in [-0.4, -0.2) is 68.0 Å². The zero-order valence-corrected chi connectivity index (χ0v) is 15.6. The molecule has 1 aliphatic rings. The van der Waals surface area contributed by atoms with E-state index in [0.29, 0.717) is 30.8 Å². The van der Waals surface area contributed by atoms with Crippen LogP contribution in [0.15, 0.2) is 41.7 Å². The summed E-state index contributed by atoms with van der Waals surface area (Å²) >= 11 is 0. The summed E-state index contributed by atoms with van der Waals surface area (Å²) in [6.07, 6.45) is 7.92. The normalized spacial score (nSPS) is 18.3. The summed E-state index contributed by atoms with van der Waals surface area (Å²) in [6, 6.07) is 0.981. The van der Waals surface area contributed by atoms with Crippen molar-refractivity contribution in [3.63, 3.8) is 0 Å². The number of hydrogen-bond acceptors (Lipinski definition) is 7. The highest BCUT2D eigenvalue weighted by Gasteiger charge is 2.31. The summed E-state index contributed by atoms with van der Waals surface area (Å²) in [5.74, 6) is 0.307. The van der Waals surface area contributed by atoms with E-state index in [-0.39, 0.29) is 17.9 Å². The van der Waals surface area contributed by atoms with Crippen molar-refractivity contribution in [2.45, 2.75) is 25.9 Å². The maximum Gasteiger partial charge on any atom is 0.255 e. The molecule has 2 atom stereocenters. The summed E-state index contributed by atoms with van der Waals surface area (Å²) in [5, 5.41) is 10.8. The molecule has 4 rings (SSSR count). The van der Waals surface area contributed by atoms with Gasteiger partial charge in [-0.1, -0.05) is 0 Å². The van der Waals surface area contributed by atoms with Gasteiger partial charge in [-0.05, 0) is 19.9 Å². The van der Waals surface area contributed by atoms with Gasteiger partial charge in [0.1, 0.15) is 18.6 Å². The van der Waals surface area contributed by atoms with Gasteiger partial charge in [0.05, 0.1) is 11.8 Å². The molecule has 0 saturated carbocycles. The first kappa shape index (κ1) is 18.0. The standard InChI is InChI=1S/C18H21N7O3/c1-12-9-23(18(27)13(2)21-17(26)14-3-8-28-10-14)6-7-25(12)15-16-22-20-11-24(16)5-4-19-15/h3-5,8,10-13H,6-7,9H2,1-2H3,(H,21,26). The lowest BCUT2D eigenvalue weighted by atomic mass is 10.1. The average molecular weight is 383 g/mol. The molecule has 2 amide bonds. The molecule has 0 spiro atoms. The van der Waals surface area contributed by atoms with Crippen LogP contribution in [0.2, 0.25) is 0 Å². The fourth-order valence-corrected chi connectivity index (χ4v) is 3.43. The van der Waals surface area contributed by atoms with Crippen LogP contribution in [0.25, 0.3) is 5.65 Å². The number of carbonyl (C=O) groups excluding carboxylic acids is 2. The lowest BCUT2D eigenvalue weighted by molar-refractivity contribution is -0.133. The third-order valence-corrected chi connectivity index (χ3v) is 4.91. The van der Waals surface area contributed by atoms with E-state index in [4.69, 9.17) is 4.42 Å². The van der Waals surface area contributed by atoms with E-state index in [1.807, 2.05) is 11.3 Å². The quantitative estimate of drug-likeness (QED) is 0.702. The molecular weight excluding hydrogens is 362 g/mol. The van der Waals surface area contributed by atoms with Crippen LogP contribution in [0.3, 0.4) is 0 Å². The fraction of sp³-hybridized carbons (Fsp3) is 0.389. The monoisotopic (exact) mass is 383 g/mol. The predicted octanol–water partition coefficient (Wildman–Crippen LogP) is 0.573. The van der Waals surface area contributed by atoms with Crippen LogP contribution < -0.4 is 10.2 Å². The fourth-order valence-electron chi connectivity index (χ4n) is 3.43. The number of fused-ring (bicyclic) bond motifs is 1. The number of aromatic nitrogens is 4. The Morgan fingerprint density at radius 3 is 2.96 bits per heavy atom. The molecule has 0 aliphatic carbocycles. The van der Waals surface area contributed by atoms with Crippen molar-refractivity contribution in [2.75, 3.05) is 24.5 Å². The molecule has 2 unspecified atom stereocenters. The van der Waals surface area contributed by atoms with Gasteiger partial charge in [0.15, 0.2) is 5.82 Å². The lowest BCUT2D eigenvalue weighted by Gasteiger charge is -2.41. The van der Waals surface area contributed by atoms with Gasteiger partial charge in [-0.2, -0.15) is 0 Å². The number of piperazine rings is 1. The van der Waals surface area contributed by atoms with Crippen molar-refractivity contribution in [1.82, 2.24) is 29.8 Å². The highest BCUT2D eigenvalue weighted by molar-refractivity contribution is 5.97. The van der Waals surface area contributed by atoms with Gasteiger partial charge in [-0.25, -0.2) is 4.98 Å². The number of anilines is 1. The zero-order valence-electron chi connectivity index (χ0n) is 15.6. The second-order valence-corrected chi connectivity index (χ2v) is 6.85. The highest BCUT2D eigenvalue weighted by atomic mass is 16.3. The van der Waals surface area contributed by atoms with E-state index in [1.54, 1.807) is 36.6 Å². The molecule has 10 nitrogen and oxygen atoms in total. The summed E-state index contributed by atoms with van der Waals surface area (Å²) in [5.41, 5.74) is 1.08. The van der Waals surface area contributed by atoms with Gasteiger partial charge < -0.3 is 19.5 Å². The summed E-state index contributed by atoms with van der Waals surface area (Å²) in [7, 11) is 0. The molecule has 1 fully saturated rings. The highest BCUT2D eigenvalue weighted by Crippen LogP contribution is 2.22. The van der Waals surface area contributed by atoms with Gasteiger partial charge in [0.2, 0.25) is 11.6 Å². The minimum absolute atomic E-state index is 0.0462. The van der Waals surface area contributed by atoms with E-state index >= 15 is 0 Å². The van der Waals surface area contributed by atoms with E-state index in [9.17, 15) is 9.59 Å². The topological polar surface area (TPSA) is 109 Å². The molecule has 146 valence electrons. The second kappa shape index (κ2) is 7.29. The van der Waals surface area contributed by atoms with Crippen molar-refractivity contribution in [2.24, 2.45) is 0 Å². The van der Waals surface area contributed by atoms with Gasteiger partial charge in [-0.15, -0.1) is 10.2 Å². The van der Waals surface area contributed by atoms with Gasteiger partial charge in [0.25, 0.3) is 5.91 Å². The zero-order chi connectivity index (χ0) is 19.7. The summed E-state index contributed by atoms with van der Waals surface area (Å²) in [4.78, 5) is 33.3. The molecular formula is C18H21N7O3. The molecule has 28 heavy (non-hydrogen) atoms. The minimum atomic E-state index is -0.626. The average Bonchev–Trinajstić information content (AvgIpc) is 3.38. The molecule has 0 radical (unpaired) electrons. The molecule has 3 aromatic heterocycles. The Morgan fingerprint density at radius 1 is 1.36 bits per heavy atom. The number of rotatable bonds is 4. The van der Waals surface area contributed by atoms with E-state index in [2.05, 4.69) is 25.4 Å². The molecule has 10 heteroatoms. The third-order valence-electron chi connectivity index (χ3n) is 4.91. The predicted molar refractivity (Wildman–Crippen MR) is 99.8 cm³/mol. The minimum Gasteiger partial charge on any atom is -0.472 e. The first-order valence-electron chi connectivity index (χ1n) is 9.07. The molecule has 1 N–H and O–H groups in total. The first-order valence-corrected chi connectivity index (χ1v) is 9.07. The Labute approximate surface area is 161 Å². The van der Waals surface area contributed by atoms with Crippen LogP contribution in [-0.2, 0) is 4.79 Å². The van der Waals surface area contributed by atoms with Crippen molar-refractivity contribution >= 4 is 23.3 Å². The van der Waals surface area contributed by atoms with Crippen molar-refractivity contribution < 1.29 is 14.0 Å². The van der Waals surface area contributed by atoms with Crippen molar-refractivity contribution in [3.8, 4) is 0 Å². The van der Waals surface area contributed by atoms with Crippen LogP contribution in [0.1, 0.15) is 24.2 Å². The molecule has 1 saturated heterocycles. The number of amides is 2. The molecule has 3 aromatic rings. The van der Waals surface area contributed by atoms with Crippen LogP contribution in [0.5, 0.6) is 0 Å². The number of nitrogens with zero attached hydrogens (tertiary/aromatic N) is 6. The van der Waals surface area contributed by atoms with Gasteiger partial charge in [0, 0.05) is 38.1 Å². The van der Waals surface area contributed by atoms with Crippen LogP contribution in [0, 0.1) is 0 Å². The Balaban J connectivity index is 1.41. The summed E-state index contributed by atoms with van der Waals surface area (Å²) < 4.78 is 6.73. The second-order valence-electron chi connectivity index (χ2n) is 6.85. The third kappa shape index (κ3) is 3.28. The SMILES string of the molecule is CC(NC(=O)c1ccoc1)C(=O)N1CCN(c2nccn3cnnc23)C(C)C1. The van der Waals surface area contributed by atoms with E-state index < -0.39 is 6.04 Å². The van der Waals surface area contributed by atoms with Crippen LogP contribution in [0.4, 0.5) is 5.82 Å². The maximum absolute atomic E-state index is 12.8. The molecule has 0 aromatic carbocycles. The molecule has 0 bridgehead atoms. The Kier molecular flexibility index (Phi) is 4.68. The lowest BCUT2D eigenvalue weighted by Crippen LogP contribution is -2.57.